The maximum absolute atomic E-state index is 12.5. The molecular formula is C21H20N2O3. The number of para-hydroxylation sites is 1. The molecule has 0 aliphatic heterocycles. The Morgan fingerprint density at radius 3 is 2.85 bits per heavy atom. The van der Waals surface area contributed by atoms with Gasteiger partial charge in [-0.1, -0.05) is 31.0 Å². The smallest absolute Gasteiger partial charge is 0.347 e. The lowest BCUT2D eigenvalue weighted by molar-refractivity contribution is 0.104. The number of carbonyl (C=O) groups is 1. The molecule has 1 saturated carbocycles. The number of hydrogen-bond acceptors (Lipinski definition) is 4. The molecule has 0 amide bonds. The van der Waals surface area contributed by atoms with E-state index in [1.807, 2.05) is 29.9 Å². The van der Waals surface area contributed by atoms with E-state index in [2.05, 4.69) is 5.10 Å². The third kappa shape index (κ3) is 3.12. The summed E-state index contributed by atoms with van der Waals surface area (Å²) in [4.78, 5) is 24.6. The van der Waals surface area contributed by atoms with Gasteiger partial charge in [0.1, 0.15) is 11.1 Å². The fourth-order valence-corrected chi connectivity index (χ4v) is 3.50. The third-order valence-electron chi connectivity index (χ3n) is 4.97. The molecule has 1 aliphatic carbocycles. The number of benzene rings is 1. The molecule has 0 unspecified atom stereocenters. The summed E-state index contributed by atoms with van der Waals surface area (Å²) in [6, 6.07) is 9.20. The molecule has 0 spiro atoms. The SMILES string of the molecule is Cc1nn(C2CCCC2)cc1/C=C/C(=O)c1cc2ccccc2oc1=O. The summed E-state index contributed by atoms with van der Waals surface area (Å²) in [6.07, 6.45) is 9.92. The lowest BCUT2D eigenvalue weighted by atomic mass is 10.1. The number of ketones is 1. The minimum atomic E-state index is -0.614. The summed E-state index contributed by atoms with van der Waals surface area (Å²) in [7, 11) is 0. The highest BCUT2D eigenvalue weighted by molar-refractivity contribution is 6.07. The normalized spacial score (nSPS) is 15.3. The van der Waals surface area contributed by atoms with E-state index in [0.29, 0.717) is 11.6 Å². The third-order valence-corrected chi connectivity index (χ3v) is 4.97. The second kappa shape index (κ2) is 6.75. The molecule has 1 fully saturated rings. The molecule has 4 rings (SSSR count). The van der Waals surface area contributed by atoms with Crippen molar-refractivity contribution in [1.29, 1.82) is 0 Å². The number of rotatable bonds is 4. The molecule has 0 atom stereocenters. The highest BCUT2D eigenvalue weighted by Gasteiger charge is 2.18. The van der Waals surface area contributed by atoms with Gasteiger partial charge in [0.15, 0.2) is 5.78 Å². The first kappa shape index (κ1) is 16.5. The van der Waals surface area contributed by atoms with E-state index in [1.54, 1.807) is 24.3 Å². The van der Waals surface area contributed by atoms with E-state index in [-0.39, 0.29) is 11.3 Å². The molecule has 5 heteroatoms. The number of hydrogen-bond donors (Lipinski definition) is 0. The van der Waals surface area contributed by atoms with Crippen LogP contribution in [0.2, 0.25) is 0 Å². The van der Waals surface area contributed by atoms with Gasteiger partial charge in [0.25, 0.3) is 0 Å². The van der Waals surface area contributed by atoms with Crippen molar-refractivity contribution in [3.05, 3.63) is 69.8 Å². The first-order chi connectivity index (χ1) is 12.6. The molecule has 1 aromatic carbocycles. The molecule has 0 saturated heterocycles. The molecule has 0 bridgehead atoms. The van der Waals surface area contributed by atoms with Gasteiger partial charge in [-0.25, -0.2) is 4.79 Å². The minimum Gasteiger partial charge on any atom is -0.422 e. The van der Waals surface area contributed by atoms with Crippen molar-refractivity contribution in [1.82, 2.24) is 9.78 Å². The van der Waals surface area contributed by atoms with E-state index in [1.165, 1.54) is 18.9 Å². The molecule has 5 nitrogen and oxygen atoms in total. The summed E-state index contributed by atoms with van der Waals surface area (Å²) < 4.78 is 7.25. The van der Waals surface area contributed by atoms with Crippen molar-refractivity contribution in [2.45, 2.75) is 38.6 Å². The van der Waals surface area contributed by atoms with Crippen molar-refractivity contribution < 1.29 is 9.21 Å². The molecule has 132 valence electrons. The molecule has 2 aromatic heterocycles. The Morgan fingerprint density at radius 2 is 2.04 bits per heavy atom. The Balaban J connectivity index is 1.60. The Bertz CT molecular complexity index is 1050. The average molecular weight is 348 g/mol. The van der Waals surface area contributed by atoms with E-state index in [0.717, 1.165) is 29.5 Å². The standard InChI is InChI=1S/C21H20N2O3/c1-14-16(13-23(22-14)17-7-3-4-8-17)10-11-19(24)18-12-15-6-2-5-9-20(15)26-21(18)25/h2,5-6,9-13,17H,3-4,7-8H2,1H3/b11-10+. The maximum Gasteiger partial charge on any atom is 0.347 e. The van der Waals surface area contributed by atoms with Crippen LogP contribution in [0.5, 0.6) is 0 Å². The maximum atomic E-state index is 12.5. The second-order valence-electron chi connectivity index (χ2n) is 6.77. The van der Waals surface area contributed by atoms with Crippen LogP contribution in [0.15, 0.2) is 51.8 Å². The Labute approximate surface area is 150 Å². The molecular weight excluding hydrogens is 328 g/mol. The summed E-state index contributed by atoms with van der Waals surface area (Å²) in [5, 5.41) is 5.31. The average Bonchev–Trinajstić information content (AvgIpc) is 3.29. The topological polar surface area (TPSA) is 65.1 Å². The highest BCUT2D eigenvalue weighted by Crippen LogP contribution is 2.29. The van der Waals surface area contributed by atoms with E-state index >= 15 is 0 Å². The van der Waals surface area contributed by atoms with Crippen LogP contribution >= 0.6 is 0 Å². The Hall–Kier alpha value is -2.95. The molecule has 0 radical (unpaired) electrons. The van der Waals surface area contributed by atoms with Crippen molar-refractivity contribution in [3.63, 3.8) is 0 Å². The van der Waals surface area contributed by atoms with Gasteiger partial charge >= 0.3 is 5.63 Å². The molecule has 1 aliphatic rings. The van der Waals surface area contributed by atoms with Crippen LogP contribution in [0.1, 0.15) is 53.3 Å². The Morgan fingerprint density at radius 1 is 1.27 bits per heavy atom. The summed E-state index contributed by atoms with van der Waals surface area (Å²) in [5.74, 6) is -0.363. The first-order valence-electron chi connectivity index (χ1n) is 8.93. The van der Waals surface area contributed by atoms with Crippen LogP contribution in [0, 0.1) is 6.92 Å². The zero-order valence-corrected chi connectivity index (χ0v) is 14.6. The predicted molar refractivity (Wildman–Crippen MR) is 100 cm³/mol. The lowest BCUT2D eigenvalue weighted by Gasteiger charge is -2.08. The molecule has 3 aromatic rings. The first-order valence-corrected chi connectivity index (χ1v) is 8.93. The van der Waals surface area contributed by atoms with Crippen molar-refractivity contribution in [2.24, 2.45) is 0 Å². The van der Waals surface area contributed by atoms with Gasteiger partial charge in [-0.2, -0.15) is 5.10 Å². The molecule has 26 heavy (non-hydrogen) atoms. The van der Waals surface area contributed by atoms with Crippen molar-refractivity contribution >= 4 is 22.8 Å². The number of fused-ring (bicyclic) bond motifs is 1. The summed E-state index contributed by atoms with van der Waals surface area (Å²) >= 11 is 0. The van der Waals surface area contributed by atoms with E-state index in [9.17, 15) is 9.59 Å². The van der Waals surface area contributed by atoms with Crippen LogP contribution in [0.25, 0.3) is 17.0 Å². The van der Waals surface area contributed by atoms with Crippen molar-refractivity contribution in [3.8, 4) is 0 Å². The van der Waals surface area contributed by atoms with Gasteiger partial charge < -0.3 is 4.42 Å². The Kier molecular flexibility index (Phi) is 4.29. The molecule has 2 heterocycles. The minimum absolute atomic E-state index is 0.0424. The van der Waals surface area contributed by atoms with Crippen LogP contribution in [0.4, 0.5) is 0 Å². The zero-order valence-electron chi connectivity index (χ0n) is 14.6. The summed E-state index contributed by atoms with van der Waals surface area (Å²) in [6.45, 7) is 1.93. The van der Waals surface area contributed by atoms with Crippen LogP contribution < -0.4 is 5.63 Å². The second-order valence-corrected chi connectivity index (χ2v) is 6.77. The number of carbonyl (C=O) groups excluding carboxylic acids is 1. The highest BCUT2D eigenvalue weighted by atomic mass is 16.4. The fourth-order valence-electron chi connectivity index (χ4n) is 3.50. The predicted octanol–water partition coefficient (Wildman–Crippen LogP) is 4.31. The quantitative estimate of drug-likeness (QED) is 0.400. The number of nitrogens with zero attached hydrogens (tertiary/aromatic N) is 2. The summed E-state index contributed by atoms with van der Waals surface area (Å²) in [5.41, 5.74) is 1.69. The zero-order chi connectivity index (χ0) is 18.1. The number of aromatic nitrogens is 2. The van der Waals surface area contributed by atoms with Crippen LogP contribution in [-0.2, 0) is 0 Å². The van der Waals surface area contributed by atoms with Gasteiger partial charge in [0.05, 0.1) is 11.7 Å². The lowest BCUT2D eigenvalue weighted by Crippen LogP contribution is -2.11. The van der Waals surface area contributed by atoms with Gasteiger partial charge in [-0.3, -0.25) is 9.48 Å². The van der Waals surface area contributed by atoms with Gasteiger partial charge in [0, 0.05) is 17.1 Å². The van der Waals surface area contributed by atoms with Gasteiger partial charge in [0.2, 0.25) is 0 Å². The van der Waals surface area contributed by atoms with Crippen LogP contribution in [-0.4, -0.2) is 15.6 Å². The number of allylic oxidation sites excluding steroid dienone is 1. The van der Waals surface area contributed by atoms with Crippen molar-refractivity contribution in [2.75, 3.05) is 0 Å². The largest absolute Gasteiger partial charge is 0.422 e. The number of aryl methyl sites for hydroxylation is 1. The monoisotopic (exact) mass is 348 g/mol. The molecule has 0 N–H and O–H groups in total. The van der Waals surface area contributed by atoms with E-state index in [4.69, 9.17) is 4.42 Å². The fraction of sp³-hybridized carbons (Fsp3) is 0.286. The van der Waals surface area contributed by atoms with E-state index < -0.39 is 5.63 Å². The van der Waals surface area contributed by atoms with Gasteiger partial charge in [-0.15, -0.1) is 0 Å². The van der Waals surface area contributed by atoms with Crippen LogP contribution in [0.3, 0.4) is 0 Å². The van der Waals surface area contributed by atoms with Gasteiger partial charge in [-0.05, 0) is 44.1 Å².